The van der Waals surface area contributed by atoms with Gasteiger partial charge in [-0.25, -0.2) is 0 Å². The maximum absolute atomic E-state index is 13.1. The lowest BCUT2D eigenvalue weighted by molar-refractivity contribution is -0.142. The van der Waals surface area contributed by atoms with Crippen molar-refractivity contribution in [2.45, 2.75) is 37.3 Å². The van der Waals surface area contributed by atoms with Gasteiger partial charge in [0.1, 0.15) is 6.04 Å². The summed E-state index contributed by atoms with van der Waals surface area (Å²) in [5, 5.41) is 9.14. The first-order chi connectivity index (χ1) is 17.2. The van der Waals surface area contributed by atoms with Crippen molar-refractivity contribution in [3.8, 4) is 11.1 Å². The molecule has 35 heavy (non-hydrogen) atoms. The fourth-order valence-electron chi connectivity index (χ4n) is 6.19. The summed E-state index contributed by atoms with van der Waals surface area (Å²) in [5.41, 5.74) is 9.25. The molecule has 1 aromatic heterocycles. The minimum atomic E-state index is -0.243. The zero-order chi connectivity index (χ0) is 23.7. The summed E-state index contributed by atoms with van der Waals surface area (Å²) in [6, 6.07) is 16.8. The Morgan fingerprint density at radius 3 is 2.83 bits per heavy atom. The number of methoxy groups -OCH3 is 1. The van der Waals surface area contributed by atoms with Gasteiger partial charge in [-0.1, -0.05) is 42.5 Å². The molecule has 176 valence electrons. The zero-order valence-corrected chi connectivity index (χ0v) is 20.2. The number of rotatable bonds is 4. The largest absolute Gasteiger partial charge is 0.468 e. The lowest BCUT2D eigenvalue weighted by Crippen LogP contribution is -2.37. The Morgan fingerprint density at radius 2 is 1.94 bits per heavy atom. The molecule has 4 aromatic rings. The Hall–Kier alpha value is -3.29. The summed E-state index contributed by atoms with van der Waals surface area (Å²) in [6.07, 6.45) is 1.72. The van der Waals surface area contributed by atoms with Gasteiger partial charge in [0.05, 0.1) is 23.6 Å². The maximum Gasteiger partial charge on any atom is 0.323 e. The van der Waals surface area contributed by atoms with E-state index in [1.165, 1.54) is 45.6 Å². The van der Waals surface area contributed by atoms with Gasteiger partial charge in [-0.3, -0.25) is 14.9 Å². The molecule has 1 fully saturated rings. The first-order valence-electron chi connectivity index (χ1n) is 12.1. The molecule has 1 saturated heterocycles. The Balaban J connectivity index is 1.40. The molecule has 3 aromatic carbocycles. The number of ether oxygens (including phenoxy) is 1. The lowest BCUT2D eigenvalue weighted by Gasteiger charge is -2.16. The van der Waals surface area contributed by atoms with E-state index in [-0.39, 0.29) is 23.3 Å². The van der Waals surface area contributed by atoms with Crippen LogP contribution in [0, 0.1) is 0 Å². The van der Waals surface area contributed by atoms with E-state index in [4.69, 9.17) is 4.74 Å². The molecular weight excluding hydrogens is 458 g/mol. The first kappa shape index (κ1) is 21.0. The summed E-state index contributed by atoms with van der Waals surface area (Å²) < 4.78 is 7.38. The molecule has 3 aliphatic rings. The smallest absolute Gasteiger partial charge is 0.323 e. The first-order valence-corrected chi connectivity index (χ1v) is 13.1. The van der Waals surface area contributed by atoms with E-state index in [1.807, 2.05) is 0 Å². The lowest BCUT2D eigenvalue weighted by atomic mass is 9.92. The van der Waals surface area contributed by atoms with Crippen LogP contribution in [0.15, 0.2) is 48.5 Å². The molecule has 3 heterocycles. The average Bonchev–Trinajstić information content (AvgIpc) is 3.65. The van der Waals surface area contributed by atoms with E-state index in [9.17, 15) is 9.59 Å². The summed E-state index contributed by atoms with van der Waals surface area (Å²) >= 11 is 1.78. The molecule has 2 unspecified atom stereocenters. The van der Waals surface area contributed by atoms with Crippen LogP contribution in [0.1, 0.15) is 33.5 Å². The van der Waals surface area contributed by atoms with Crippen molar-refractivity contribution in [2.75, 3.05) is 12.9 Å². The molecule has 0 saturated carbocycles. The standard InChI is InChI=1S/C28H25N3O3S/c1-34-28(33)20-14-35-22(30-20)10-11-31-21-9-5-4-8-17(21)24-19-13-29-27(32)25(19)23-16-7-3-2-6-15(16)12-18(23)26(24)31/h2-9,20,22,30H,10-14H2,1H3,(H,29,32). The number of amides is 1. The van der Waals surface area contributed by atoms with Crippen molar-refractivity contribution in [3.05, 3.63) is 70.8 Å². The van der Waals surface area contributed by atoms with Gasteiger partial charge < -0.3 is 14.6 Å². The van der Waals surface area contributed by atoms with E-state index in [2.05, 4.69) is 63.7 Å². The number of carbonyl (C=O) groups is 2. The van der Waals surface area contributed by atoms with Crippen molar-refractivity contribution in [1.82, 2.24) is 15.2 Å². The van der Waals surface area contributed by atoms with E-state index in [0.717, 1.165) is 41.8 Å². The highest BCUT2D eigenvalue weighted by molar-refractivity contribution is 8.00. The van der Waals surface area contributed by atoms with Gasteiger partial charge >= 0.3 is 5.97 Å². The van der Waals surface area contributed by atoms with Crippen LogP contribution in [0.5, 0.6) is 0 Å². The van der Waals surface area contributed by atoms with Crippen LogP contribution >= 0.6 is 11.8 Å². The number of nitrogens with one attached hydrogen (secondary N) is 2. The molecular formula is C28H25N3O3S. The third kappa shape index (κ3) is 3.01. The van der Waals surface area contributed by atoms with Gasteiger partial charge in [0.15, 0.2) is 0 Å². The normalized spacial score (nSPS) is 20.2. The summed E-state index contributed by atoms with van der Waals surface area (Å²) in [4.78, 5) is 25.0. The molecule has 1 aliphatic carbocycles. The quantitative estimate of drug-likeness (QED) is 0.375. The summed E-state index contributed by atoms with van der Waals surface area (Å²) in [7, 11) is 1.44. The van der Waals surface area contributed by atoms with Crippen LogP contribution < -0.4 is 10.6 Å². The SMILES string of the molecule is COC(=O)C1CSC(CCn2c3ccccc3c3c4c(c5c(c32)Cc2ccccc2-5)C(=O)NC4)N1. The number of benzene rings is 3. The monoisotopic (exact) mass is 483 g/mol. The number of nitrogens with zero attached hydrogens (tertiary/aromatic N) is 1. The van der Waals surface area contributed by atoms with Crippen molar-refractivity contribution in [1.29, 1.82) is 0 Å². The Kier molecular flexibility index (Phi) is 4.73. The van der Waals surface area contributed by atoms with Gasteiger partial charge in [-0.05, 0) is 34.7 Å². The van der Waals surface area contributed by atoms with Gasteiger partial charge in [0.25, 0.3) is 5.91 Å². The molecule has 0 radical (unpaired) electrons. The number of aryl methyl sites for hydroxylation is 1. The molecule has 1 amide bonds. The van der Waals surface area contributed by atoms with E-state index in [0.29, 0.717) is 6.54 Å². The van der Waals surface area contributed by atoms with Crippen molar-refractivity contribution in [3.63, 3.8) is 0 Å². The second kappa shape index (κ2) is 7.86. The number of thioether (sulfide) groups is 1. The Morgan fingerprint density at radius 1 is 1.11 bits per heavy atom. The third-order valence-corrected chi connectivity index (χ3v) is 8.97. The topological polar surface area (TPSA) is 72.4 Å². The van der Waals surface area contributed by atoms with Crippen LogP contribution in [-0.4, -0.2) is 40.7 Å². The number of aromatic nitrogens is 1. The molecule has 0 bridgehead atoms. The molecule has 6 nitrogen and oxygen atoms in total. The van der Waals surface area contributed by atoms with Gasteiger partial charge in [0, 0.05) is 47.1 Å². The number of hydrogen-bond donors (Lipinski definition) is 2. The van der Waals surface area contributed by atoms with Crippen LogP contribution in [0.3, 0.4) is 0 Å². The number of carbonyl (C=O) groups excluding carboxylic acids is 2. The Bertz CT molecular complexity index is 1560. The highest BCUT2D eigenvalue weighted by Gasteiger charge is 2.36. The Labute approximate surface area is 207 Å². The predicted octanol–water partition coefficient (Wildman–Crippen LogP) is 4.20. The van der Waals surface area contributed by atoms with Crippen LogP contribution in [0.25, 0.3) is 32.9 Å². The molecule has 2 atom stereocenters. The highest BCUT2D eigenvalue weighted by Crippen LogP contribution is 2.48. The predicted molar refractivity (Wildman–Crippen MR) is 139 cm³/mol. The number of esters is 1. The number of hydrogen-bond acceptors (Lipinski definition) is 5. The average molecular weight is 484 g/mol. The van der Waals surface area contributed by atoms with Gasteiger partial charge in [-0.15, -0.1) is 11.8 Å². The van der Waals surface area contributed by atoms with Crippen LogP contribution in [-0.2, 0) is 29.0 Å². The second-order valence-electron chi connectivity index (χ2n) is 9.47. The van der Waals surface area contributed by atoms with Crippen LogP contribution in [0.2, 0.25) is 0 Å². The maximum atomic E-state index is 13.1. The van der Waals surface area contributed by atoms with Crippen molar-refractivity contribution in [2.24, 2.45) is 0 Å². The van der Waals surface area contributed by atoms with E-state index < -0.39 is 0 Å². The van der Waals surface area contributed by atoms with E-state index in [1.54, 1.807) is 11.8 Å². The highest BCUT2D eigenvalue weighted by atomic mass is 32.2. The van der Waals surface area contributed by atoms with Gasteiger partial charge in [0.2, 0.25) is 0 Å². The number of fused-ring (bicyclic) bond motifs is 10. The molecule has 2 N–H and O–H groups in total. The molecule has 7 heteroatoms. The van der Waals surface area contributed by atoms with Crippen LogP contribution in [0.4, 0.5) is 0 Å². The fourth-order valence-corrected chi connectivity index (χ4v) is 7.38. The van der Waals surface area contributed by atoms with Crippen molar-refractivity contribution < 1.29 is 14.3 Å². The minimum absolute atomic E-state index is 0.0343. The molecule has 7 rings (SSSR count). The van der Waals surface area contributed by atoms with Gasteiger partial charge in [-0.2, -0.15) is 0 Å². The second-order valence-corrected chi connectivity index (χ2v) is 10.7. The number of para-hydroxylation sites is 1. The summed E-state index contributed by atoms with van der Waals surface area (Å²) in [5.74, 6) is 0.573. The fraction of sp³-hybridized carbons (Fsp3) is 0.286. The molecule has 2 aliphatic heterocycles. The third-order valence-electron chi connectivity index (χ3n) is 7.67. The van der Waals surface area contributed by atoms with Crippen molar-refractivity contribution >= 4 is 45.4 Å². The zero-order valence-electron chi connectivity index (χ0n) is 19.4. The minimum Gasteiger partial charge on any atom is -0.468 e. The molecule has 0 spiro atoms. The van der Waals surface area contributed by atoms with E-state index >= 15 is 0 Å². The summed E-state index contributed by atoms with van der Waals surface area (Å²) in [6.45, 7) is 1.39.